The first-order valence-electron chi connectivity index (χ1n) is 8.99. The Balaban J connectivity index is 1.95. The van der Waals surface area contributed by atoms with Gasteiger partial charge in [-0.05, 0) is 31.9 Å². The first kappa shape index (κ1) is 18.2. The van der Waals surface area contributed by atoms with Gasteiger partial charge in [-0.25, -0.2) is 9.59 Å². The Morgan fingerprint density at radius 1 is 1.15 bits per heavy atom. The number of carbonyl (C=O) groups excluding carboxylic acids is 2. The van der Waals surface area contributed by atoms with E-state index in [0.29, 0.717) is 19.4 Å². The third-order valence-electron chi connectivity index (χ3n) is 5.55. The van der Waals surface area contributed by atoms with Gasteiger partial charge in [-0.2, -0.15) is 0 Å². The molecule has 1 aromatic heterocycles. The van der Waals surface area contributed by atoms with Crippen LogP contribution in [0.3, 0.4) is 0 Å². The monoisotopic (exact) mass is 359 g/mol. The second-order valence-electron chi connectivity index (χ2n) is 6.78. The number of hydrogen-bond donors (Lipinski definition) is 0. The van der Waals surface area contributed by atoms with E-state index in [4.69, 9.17) is 4.74 Å². The molecule has 0 N–H and O–H groups in total. The summed E-state index contributed by atoms with van der Waals surface area (Å²) in [5, 5.41) is 0. The van der Waals surface area contributed by atoms with Gasteiger partial charge in [0.15, 0.2) is 0 Å². The van der Waals surface area contributed by atoms with Crippen LogP contribution in [0.5, 0.6) is 0 Å². The zero-order chi connectivity index (χ0) is 18.9. The molecule has 26 heavy (non-hydrogen) atoms. The van der Waals surface area contributed by atoms with Crippen LogP contribution in [0, 0.1) is 0 Å². The summed E-state index contributed by atoms with van der Waals surface area (Å²) in [5.74, 6) is -0.646. The molecule has 0 aliphatic heterocycles. The molecule has 1 heterocycles. The van der Waals surface area contributed by atoms with Crippen molar-refractivity contribution >= 4 is 22.9 Å². The molecule has 0 atom stereocenters. The number of ether oxygens (including phenoxy) is 1. The molecule has 3 rings (SSSR count). The van der Waals surface area contributed by atoms with Crippen molar-refractivity contribution in [3.05, 3.63) is 34.7 Å². The number of methoxy groups -OCH3 is 1. The van der Waals surface area contributed by atoms with E-state index in [-0.39, 0.29) is 24.1 Å². The van der Waals surface area contributed by atoms with E-state index in [1.54, 1.807) is 11.6 Å². The maximum absolute atomic E-state index is 13.0. The van der Waals surface area contributed by atoms with Gasteiger partial charge in [-0.3, -0.25) is 13.9 Å². The molecule has 1 aliphatic carbocycles. The van der Waals surface area contributed by atoms with Crippen molar-refractivity contribution in [3.63, 3.8) is 0 Å². The van der Waals surface area contributed by atoms with Crippen molar-refractivity contribution in [2.75, 3.05) is 14.2 Å². The molecule has 0 spiro atoms. The topological polar surface area (TPSA) is 73.5 Å². The van der Waals surface area contributed by atoms with Crippen molar-refractivity contribution in [3.8, 4) is 0 Å². The third kappa shape index (κ3) is 2.71. The molecule has 7 nitrogen and oxygen atoms in total. The number of amides is 1. The number of aromatic nitrogens is 2. The highest BCUT2D eigenvalue weighted by Gasteiger charge is 2.47. The molecule has 7 heteroatoms. The zero-order valence-corrected chi connectivity index (χ0v) is 15.5. The summed E-state index contributed by atoms with van der Waals surface area (Å²) in [6.45, 7) is 2.33. The molecule has 0 unspecified atom stereocenters. The van der Waals surface area contributed by atoms with E-state index in [2.05, 4.69) is 0 Å². The Hall–Kier alpha value is -2.57. The van der Waals surface area contributed by atoms with Crippen molar-refractivity contribution < 1.29 is 14.3 Å². The van der Waals surface area contributed by atoms with Crippen LogP contribution < -0.4 is 5.69 Å². The number of nitrogens with zero attached hydrogens (tertiary/aromatic N) is 3. The first-order valence-corrected chi connectivity index (χ1v) is 8.99. The highest BCUT2D eigenvalue weighted by Crippen LogP contribution is 2.35. The second-order valence-corrected chi connectivity index (χ2v) is 6.78. The number of esters is 1. The van der Waals surface area contributed by atoms with Crippen LogP contribution >= 0.6 is 0 Å². The summed E-state index contributed by atoms with van der Waals surface area (Å²) in [6.07, 6.45) is 2.94. The Bertz CT molecular complexity index is 890. The van der Waals surface area contributed by atoms with Gasteiger partial charge in [-0.15, -0.1) is 0 Å². The lowest BCUT2D eigenvalue weighted by Gasteiger charge is -2.36. The van der Waals surface area contributed by atoms with Crippen LogP contribution in [0.1, 0.15) is 32.6 Å². The molecule has 0 bridgehead atoms. The van der Waals surface area contributed by atoms with Gasteiger partial charge in [0, 0.05) is 13.6 Å². The normalized spacial score (nSPS) is 16.0. The molecule has 1 aromatic carbocycles. The summed E-state index contributed by atoms with van der Waals surface area (Å²) >= 11 is 0. The fourth-order valence-corrected chi connectivity index (χ4v) is 4.04. The van der Waals surface area contributed by atoms with Gasteiger partial charge in [-0.1, -0.05) is 25.0 Å². The minimum atomic E-state index is -0.918. The molecule has 0 radical (unpaired) electrons. The van der Waals surface area contributed by atoms with Gasteiger partial charge in [0.2, 0.25) is 5.91 Å². The maximum atomic E-state index is 13.0. The summed E-state index contributed by atoms with van der Waals surface area (Å²) in [6, 6.07) is 7.43. The number of carbonyl (C=O) groups is 2. The summed E-state index contributed by atoms with van der Waals surface area (Å²) < 4.78 is 8.10. The number of para-hydroxylation sites is 2. The van der Waals surface area contributed by atoms with E-state index in [0.717, 1.165) is 23.9 Å². The van der Waals surface area contributed by atoms with E-state index in [1.165, 1.54) is 16.6 Å². The Morgan fingerprint density at radius 2 is 1.73 bits per heavy atom. The third-order valence-corrected chi connectivity index (χ3v) is 5.55. The average molecular weight is 359 g/mol. The fraction of sp³-hybridized carbons (Fsp3) is 0.526. The molecular weight excluding hydrogens is 334 g/mol. The second kappa shape index (κ2) is 6.97. The van der Waals surface area contributed by atoms with Gasteiger partial charge < -0.3 is 9.64 Å². The Labute approximate surface area is 152 Å². The first-order chi connectivity index (χ1) is 12.5. The predicted octanol–water partition coefficient (Wildman–Crippen LogP) is 1.77. The number of likely N-dealkylation sites (N-methyl/N-ethyl adjacent to an activating group) is 1. The quantitative estimate of drug-likeness (QED) is 0.763. The largest absolute Gasteiger partial charge is 0.467 e. The van der Waals surface area contributed by atoms with Crippen LogP contribution in [0.4, 0.5) is 0 Å². The van der Waals surface area contributed by atoms with E-state index < -0.39 is 5.54 Å². The lowest BCUT2D eigenvalue weighted by atomic mass is 9.95. The van der Waals surface area contributed by atoms with Crippen molar-refractivity contribution in [1.29, 1.82) is 0 Å². The SMILES string of the molecule is CCn1c(=O)n(CC(=O)N(C)C2(C(=O)OC)CCCC2)c2ccccc21. The lowest BCUT2D eigenvalue weighted by Crippen LogP contribution is -2.55. The maximum Gasteiger partial charge on any atom is 0.331 e. The molecule has 140 valence electrons. The molecule has 1 fully saturated rings. The van der Waals surface area contributed by atoms with Crippen molar-refractivity contribution in [1.82, 2.24) is 14.0 Å². The average Bonchev–Trinajstić information content (AvgIpc) is 3.25. The number of fused-ring (bicyclic) bond motifs is 1. The molecule has 1 amide bonds. The molecule has 1 saturated carbocycles. The number of benzene rings is 1. The molecule has 1 aliphatic rings. The number of imidazole rings is 1. The highest BCUT2D eigenvalue weighted by molar-refractivity contribution is 5.89. The lowest BCUT2D eigenvalue weighted by molar-refractivity contribution is -0.160. The Kier molecular flexibility index (Phi) is 4.89. The van der Waals surface area contributed by atoms with Crippen LogP contribution in [-0.4, -0.2) is 45.6 Å². The van der Waals surface area contributed by atoms with Gasteiger partial charge in [0.1, 0.15) is 12.1 Å². The van der Waals surface area contributed by atoms with Crippen LogP contribution in [0.25, 0.3) is 11.0 Å². The molecule has 0 saturated heterocycles. The standard InChI is InChI=1S/C19H25N3O4/c1-4-21-14-9-5-6-10-15(14)22(18(21)25)13-16(23)20(2)19(17(24)26-3)11-7-8-12-19/h5-6,9-10H,4,7-8,11-13H2,1-3H3. The van der Waals surface area contributed by atoms with Crippen LogP contribution in [0.15, 0.2) is 29.1 Å². The number of hydrogen-bond acceptors (Lipinski definition) is 4. The fourth-order valence-electron chi connectivity index (χ4n) is 4.04. The van der Waals surface area contributed by atoms with Crippen LogP contribution in [-0.2, 0) is 27.4 Å². The van der Waals surface area contributed by atoms with Gasteiger partial charge >= 0.3 is 11.7 Å². The van der Waals surface area contributed by atoms with E-state index in [9.17, 15) is 14.4 Å². The van der Waals surface area contributed by atoms with E-state index >= 15 is 0 Å². The highest BCUT2D eigenvalue weighted by atomic mass is 16.5. The summed E-state index contributed by atoms with van der Waals surface area (Å²) in [4.78, 5) is 39.6. The molecular formula is C19H25N3O4. The van der Waals surface area contributed by atoms with Gasteiger partial charge in [0.05, 0.1) is 18.1 Å². The summed E-state index contributed by atoms with van der Waals surface area (Å²) in [5.41, 5.74) is 0.395. The van der Waals surface area contributed by atoms with Crippen molar-refractivity contribution in [2.24, 2.45) is 0 Å². The predicted molar refractivity (Wildman–Crippen MR) is 97.9 cm³/mol. The van der Waals surface area contributed by atoms with Crippen LogP contribution in [0.2, 0.25) is 0 Å². The smallest absolute Gasteiger partial charge is 0.331 e. The van der Waals surface area contributed by atoms with Crippen molar-refractivity contribution in [2.45, 2.75) is 51.2 Å². The van der Waals surface area contributed by atoms with E-state index in [1.807, 2.05) is 31.2 Å². The Morgan fingerprint density at radius 3 is 2.27 bits per heavy atom. The zero-order valence-electron chi connectivity index (χ0n) is 15.5. The minimum absolute atomic E-state index is 0.0956. The number of aryl methyl sites for hydroxylation is 1. The van der Waals surface area contributed by atoms with Gasteiger partial charge in [0.25, 0.3) is 0 Å². The number of rotatable bonds is 5. The minimum Gasteiger partial charge on any atom is -0.467 e. The molecule has 2 aromatic rings. The summed E-state index contributed by atoms with van der Waals surface area (Å²) in [7, 11) is 2.98.